The lowest BCUT2D eigenvalue weighted by Gasteiger charge is -2.25. The fraction of sp³-hybridized carbons (Fsp3) is 0.0217. The second-order valence-corrected chi connectivity index (χ2v) is 12.8. The zero-order chi connectivity index (χ0) is 33.0. The van der Waals surface area contributed by atoms with Crippen LogP contribution in [0.5, 0.6) is 0 Å². The lowest BCUT2D eigenvalue weighted by molar-refractivity contribution is 0.668. The molecule has 10 rings (SSSR count). The summed E-state index contributed by atoms with van der Waals surface area (Å²) in [5.74, 6) is 0.805. The number of furan rings is 1. The van der Waals surface area contributed by atoms with Crippen LogP contribution in [-0.2, 0) is 0 Å². The van der Waals surface area contributed by atoms with Gasteiger partial charge in [0.25, 0.3) is 0 Å². The van der Waals surface area contributed by atoms with Crippen molar-refractivity contribution < 1.29 is 4.42 Å². The van der Waals surface area contributed by atoms with Crippen molar-refractivity contribution in [3.8, 4) is 16.8 Å². The molecule has 0 radical (unpaired) electrons. The van der Waals surface area contributed by atoms with Gasteiger partial charge in [0.15, 0.2) is 0 Å². The zero-order valence-corrected chi connectivity index (χ0v) is 27.1. The first-order chi connectivity index (χ1) is 24.8. The Balaban J connectivity index is 1.27. The molecule has 1 unspecified atom stereocenters. The van der Waals surface area contributed by atoms with Gasteiger partial charge in [-0.3, -0.25) is 0 Å². The Morgan fingerprint density at radius 3 is 2.04 bits per heavy atom. The summed E-state index contributed by atoms with van der Waals surface area (Å²) in [4.78, 5) is 5.28. The molecule has 2 aromatic heterocycles. The van der Waals surface area contributed by atoms with E-state index in [2.05, 4.69) is 174 Å². The smallest absolute Gasteiger partial charge is 0.136 e. The van der Waals surface area contributed by atoms with E-state index in [4.69, 9.17) is 9.41 Å². The predicted molar refractivity (Wildman–Crippen MR) is 207 cm³/mol. The molecule has 1 N–H and O–H groups in total. The van der Waals surface area contributed by atoms with E-state index >= 15 is 0 Å². The molecule has 1 atom stereocenters. The van der Waals surface area contributed by atoms with Gasteiger partial charge in [-0.1, -0.05) is 133 Å². The number of nitrogens with zero attached hydrogens (tertiary/aromatic N) is 2. The maximum Gasteiger partial charge on any atom is 0.136 e. The molecule has 0 saturated heterocycles. The maximum atomic E-state index is 6.65. The molecule has 9 aromatic rings. The fourth-order valence-corrected chi connectivity index (χ4v) is 7.58. The number of hydrogen-bond acceptors (Lipinski definition) is 3. The van der Waals surface area contributed by atoms with Gasteiger partial charge in [-0.2, -0.15) is 0 Å². The third kappa shape index (κ3) is 4.57. The van der Waals surface area contributed by atoms with Gasteiger partial charge in [0, 0.05) is 38.4 Å². The van der Waals surface area contributed by atoms with Crippen LogP contribution in [0.3, 0.4) is 0 Å². The number of rotatable bonds is 5. The highest BCUT2D eigenvalue weighted by Crippen LogP contribution is 2.43. The number of para-hydroxylation sites is 4. The summed E-state index contributed by atoms with van der Waals surface area (Å²) in [6, 6.07) is 59.7. The second-order valence-electron chi connectivity index (χ2n) is 12.8. The molecule has 7 aromatic carbocycles. The van der Waals surface area contributed by atoms with Crippen LogP contribution in [0.4, 0.5) is 0 Å². The minimum Gasteiger partial charge on any atom is -0.456 e. The Labute approximate surface area is 289 Å². The van der Waals surface area contributed by atoms with Crippen LogP contribution >= 0.6 is 0 Å². The van der Waals surface area contributed by atoms with Gasteiger partial charge < -0.3 is 14.3 Å². The van der Waals surface area contributed by atoms with Gasteiger partial charge >= 0.3 is 0 Å². The number of amidine groups is 1. The van der Waals surface area contributed by atoms with Gasteiger partial charge in [0.2, 0.25) is 0 Å². The Morgan fingerprint density at radius 2 is 1.22 bits per heavy atom. The molecule has 0 saturated carbocycles. The van der Waals surface area contributed by atoms with Crippen molar-refractivity contribution in [2.75, 3.05) is 0 Å². The maximum absolute atomic E-state index is 6.65. The highest BCUT2D eigenvalue weighted by Gasteiger charge is 2.24. The van der Waals surface area contributed by atoms with Crippen LogP contribution in [0.25, 0.3) is 66.3 Å². The molecule has 0 fully saturated rings. The Hall–Kier alpha value is -6.65. The van der Waals surface area contributed by atoms with E-state index in [0.29, 0.717) is 0 Å². The number of nitrogens with one attached hydrogen (secondary N) is 1. The number of fused-ring (bicyclic) bond motifs is 6. The number of aromatic nitrogens is 1. The minimum absolute atomic E-state index is 0.0576. The molecular weight excluding hydrogens is 611 g/mol. The van der Waals surface area contributed by atoms with Crippen molar-refractivity contribution in [2.45, 2.75) is 6.04 Å². The molecule has 0 bridgehead atoms. The summed E-state index contributed by atoms with van der Waals surface area (Å²) in [6.07, 6.45) is 2.22. The lowest BCUT2D eigenvalue weighted by atomic mass is 9.94. The molecule has 0 spiro atoms. The Bertz CT molecular complexity index is 2770. The molecule has 3 heterocycles. The Morgan fingerprint density at radius 1 is 0.540 bits per heavy atom. The van der Waals surface area contributed by atoms with E-state index < -0.39 is 0 Å². The van der Waals surface area contributed by atoms with Gasteiger partial charge in [-0.15, -0.1) is 0 Å². The van der Waals surface area contributed by atoms with Crippen LogP contribution in [0, 0.1) is 0 Å². The first-order valence-corrected chi connectivity index (χ1v) is 17.0. The second kappa shape index (κ2) is 11.5. The average molecular weight is 642 g/mol. The van der Waals surface area contributed by atoms with Crippen LogP contribution in [0.15, 0.2) is 185 Å². The molecular formula is C46H31N3O. The van der Waals surface area contributed by atoms with E-state index in [1.54, 1.807) is 0 Å². The largest absolute Gasteiger partial charge is 0.456 e. The van der Waals surface area contributed by atoms with Crippen molar-refractivity contribution in [1.82, 2.24) is 9.88 Å². The van der Waals surface area contributed by atoms with Crippen molar-refractivity contribution in [3.63, 3.8) is 0 Å². The summed E-state index contributed by atoms with van der Waals surface area (Å²) in [5, 5.41) is 8.40. The fourth-order valence-electron chi connectivity index (χ4n) is 7.58. The monoisotopic (exact) mass is 641 g/mol. The standard InChI is InChI=1S/C46H31N3O/c1-4-15-30(16-5-1)39-29-40(31-17-6-2-7-18-31)48-46(47-39)32-27-38(44-37-22-11-13-26-42(37)50-43(44)28-32)36-24-14-23-35-34-21-10-12-25-41(34)49(45(35)36)33-19-8-3-9-20-33/h1-29,39H,(H,47,48). The van der Waals surface area contributed by atoms with Crippen LogP contribution in [0.1, 0.15) is 22.7 Å². The zero-order valence-electron chi connectivity index (χ0n) is 27.1. The van der Waals surface area contributed by atoms with E-state index in [9.17, 15) is 0 Å². The van der Waals surface area contributed by atoms with E-state index in [-0.39, 0.29) is 6.04 Å². The van der Waals surface area contributed by atoms with Crippen molar-refractivity contribution in [1.29, 1.82) is 0 Å². The van der Waals surface area contributed by atoms with Gasteiger partial charge in [-0.05, 0) is 59.2 Å². The normalized spacial score (nSPS) is 14.6. The topological polar surface area (TPSA) is 42.5 Å². The summed E-state index contributed by atoms with van der Waals surface area (Å²) in [6.45, 7) is 0. The van der Waals surface area contributed by atoms with Gasteiger partial charge in [0.05, 0.1) is 22.8 Å². The van der Waals surface area contributed by atoms with E-state index in [1.165, 1.54) is 21.9 Å². The van der Waals surface area contributed by atoms with Crippen LogP contribution in [0.2, 0.25) is 0 Å². The minimum atomic E-state index is -0.0576. The number of benzene rings is 7. The molecule has 1 aliphatic heterocycles. The number of hydrogen-bond donors (Lipinski definition) is 1. The first-order valence-electron chi connectivity index (χ1n) is 17.0. The van der Waals surface area contributed by atoms with Crippen LogP contribution < -0.4 is 5.32 Å². The molecule has 50 heavy (non-hydrogen) atoms. The lowest BCUT2D eigenvalue weighted by Crippen LogP contribution is -2.31. The summed E-state index contributed by atoms with van der Waals surface area (Å²) in [5.41, 5.74) is 11.5. The molecule has 4 nitrogen and oxygen atoms in total. The molecule has 0 amide bonds. The molecule has 236 valence electrons. The van der Waals surface area contributed by atoms with E-state index in [0.717, 1.165) is 66.9 Å². The van der Waals surface area contributed by atoms with Crippen molar-refractivity contribution in [2.24, 2.45) is 4.99 Å². The third-order valence-electron chi connectivity index (χ3n) is 9.83. The highest BCUT2D eigenvalue weighted by atomic mass is 16.3. The van der Waals surface area contributed by atoms with Gasteiger partial charge in [-0.25, -0.2) is 4.99 Å². The summed E-state index contributed by atoms with van der Waals surface area (Å²) >= 11 is 0. The molecule has 4 heteroatoms. The summed E-state index contributed by atoms with van der Waals surface area (Å²) < 4.78 is 9.05. The average Bonchev–Trinajstić information content (AvgIpc) is 3.74. The number of aliphatic imine (C=N–C) groups is 1. The van der Waals surface area contributed by atoms with E-state index in [1.807, 2.05) is 12.1 Å². The SMILES string of the molecule is C1=C(c2ccccc2)N=C(c2cc(-c3cccc4c5ccccc5n(-c5ccccc5)c34)c3c(c2)oc2ccccc23)NC1c1ccccc1. The molecule has 1 aliphatic rings. The first kappa shape index (κ1) is 28.4. The third-order valence-corrected chi connectivity index (χ3v) is 9.83. The predicted octanol–water partition coefficient (Wildman–Crippen LogP) is 11.5. The van der Waals surface area contributed by atoms with Crippen LogP contribution in [-0.4, -0.2) is 10.4 Å². The van der Waals surface area contributed by atoms with Crippen molar-refractivity contribution >= 4 is 55.3 Å². The molecule has 0 aliphatic carbocycles. The van der Waals surface area contributed by atoms with Crippen molar-refractivity contribution in [3.05, 3.63) is 193 Å². The van der Waals surface area contributed by atoms with Gasteiger partial charge in [0.1, 0.15) is 17.0 Å². The quantitative estimate of drug-likeness (QED) is 0.203. The Kier molecular flexibility index (Phi) is 6.53. The summed E-state index contributed by atoms with van der Waals surface area (Å²) in [7, 11) is 0. The highest BCUT2D eigenvalue weighted by molar-refractivity contribution is 6.20.